The average molecular weight is 464 g/mol. The van der Waals surface area contributed by atoms with Gasteiger partial charge in [0, 0.05) is 21.7 Å². The molecule has 0 atom stereocenters. The minimum absolute atomic E-state index is 0. The summed E-state index contributed by atoms with van der Waals surface area (Å²) in [6, 6.07) is 17.0. The second-order valence-corrected chi connectivity index (χ2v) is 6.19. The number of benzene rings is 2. The number of aromatic nitrogens is 2. The number of halogens is 2. The Morgan fingerprint density at radius 1 is 1.08 bits per heavy atom. The monoisotopic (exact) mass is 462 g/mol. The van der Waals surface area contributed by atoms with Crippen LogP contribution in [0.15, 0.2) is 71.6 Å². The molecule has 1 aromatic heterocycles. The molecule has 2 aromatic carbocycles. The quantitative estimate of drug-likeness (QED) is 0.413. The van der Waals surface area contributed by atoms with E-state index in [2.05, 4.69) is 20.9 Å². The predicted octanol–water partition coefficient (Wildman–Crippen LogP) is 0.694. The Balaban J connectivity index is 0.00000225. The maximum Gasteiger partial charge on any atom is 0.287 e. The van der Waals surface area contributed by atoms with E-state index >= 15 is 0 Å². The van der Waals surface area contributed by atoms with Crippen molar-refractivity contribution >= 4 is 21.7 Å². The van der Waals surface area contributed by atoms with Crippen molar-refractivity contribution < 1.29 is 31.1 Å². The van der Waals surface area contributed by atoms with Gasteiger partial charge in [0.25, 0.3) is 6.33 Å². The zero-order valence-electron chi connectivity index (χ0n) is 13.5. The number of methoxy groups -OCH3 is 1. The van der Waals surface area contributed by atoms with Gasteiger partial charge in [0.1, 0.15) is 5.75 Å². The fraction of sp³-hybridized carbons (Fsp3) is 0.105. The number of ketones is 1. The summed E-state index contributed by atoms with van der Waals surface area (Å²) < 4.78 is 7.90. The number of Topliss-reactive ketones (excluding diaryl/α,β-unsaturated/α-hetero) is 1. The highest BCUT2D eigenvalue weighted by Crippen LogP contribution is 2.18. The normalized spacial score (nSPS) is 10.0. The highest BCUT2D eigenvalue weighted by atomic mass is 79.9. The molecule has 25 heavy (non-hydrogen) atoms. The van der Waals surface area contributed by atoms with Crippen molar-refractivity contribution in [3.8, 4) is 17.0 Å². The Morgan fingerprint density at radius 3 is 2.32 bits per heavy atom. The van der Waals surface area contributed by atoms with E-state index in [9.17, 15) is 4.79 Å². The van der Waals surface area contributed by atoms with Gasteiger partial charge in [0.2, 0.25) is 5.78 Å². The van der Waals surface area contributed by atoms with E-state index in [1.807, 2.05) is 36.5 Å². The van der Waals surface area contributed by atoms with Gasteiger partial charge < -0.3 is 21.7 Å². The van der Waals surface area contributed by atoms with E-state index < -0.39 is 0 Å². The van der Waals surface area contributed by atoms with Crippen LogP contribution in [0.3, 0.4) is 0 Å². The van der Waals surface area contributed by atoms with Gasteiger partial charge in [-0.25, -0.2) is 4.57 Å². The van der Waals surface area contributed by atoms with Crippen molar-refractivity contribution in [3.63, 3.8) is 0 Å². The first-order chi connectivity index (χ1) is 11.7. The molecule has 0 amide bonds. The largest absolute Gasteiger partial charge is 1.00 e. The standard InChI is InChI=1S/C19H16BrN2O2.BrH/c1-24-17-8-4-15(5-9-17)19(23)12-22-11-10-18(21-13-22)14-2-6-16(20)7-3-14;/h2-11,13H,12H2,1H3;1H/q+1;/p-1. The van der Waals surface area contributed by atoms with E-state index in [4.69, 9.17) is 4.74 Å². The Labute approximate surface area is 165 Å². The highest BCUT2D eigenvalue weighted by Gasteiger charge is 2.12. The number of nitrogens with zero attached hydrogens (tertiary/aromatic N) is 2. The molecule has 3 rings (SSSR count). The molecule has 0 N–H and O–H groups in total. The Hall–Kier alpha value is -2.05. The molecule has 1 heterocycles. The first kappa shape index (κ1) is 19.3. The van der Waals surface area contributed by atoms with Crippen LogP contribution in [-0.2, 0) is 6.54 Å². The van der Waals surface area contributed by atoms with Crippen LogP contribution in [0.25, 0.3) is 11.3 Å². The van der Waals surface area contributed by atoms with Gasteiger partial charge in [-0.3, -0.25) is 4.79 Å². The lowest BCUT2D eigenvalue weighted by molar-refractivity contribution is -0.686. The molecule has 0 aliphatic heterocycles. The molecular weight excluding hydrogens is 448 g/mol. The zero-order valence-corrected chi connectivity index (χ0v) is 16.7. The second kappa shape index (κ2) is 8.87. The third-order valence-corrected chi connectivity index (χ3v) is 4.18. The number of carbonyl (C=O) groups is 1. The summed E-state index contributed by atoms with van der Waals surface area (Å²) in [4.78, 5) is 16.7. The molecule has 0 aliphatic carbocycles. The van der Waals surface area contributed by atoms with E-state index in [1.54, 1.807) is 42.3 Å². The number of hydrogen-bond donors (Lipinski definition) is 0. The topological polar surface area (TPSA) is 43.1 Å². The highest BCUT2D eigenvalue weighted by molar-refractivity contribution is 9.10. The molecule has 0 bridgehead atoms. The smallest absolute Gasteiger partial charge is 0.287 e. The number of ether oxygens (including phenoxy) is 1. The average Bonchev–Trinajstić information content (AvgIpc) is 2.63. The molecule has 0 unspecified atom stereocenters. The maximum atomic E-state index is 12.3. The van der Waals surface area contributed by atoms with Crippen molar-refractivity contribution in [2.75, 3.05) is 7.11 Å². The zero-order chi connectivity index (χ0) is 16.9. The van der Waals surface area contributed by atoms with E-state index in [-0.39, 0.29) is 29.3 Å². The molecule has 3 aromatic rings. The molecule has 128 valence electrons. The molecule has 0 saturated carbocycles. The van der Waals surface area contributed by atoms with Gasteiger partial charge in [-0.2, -0.15) is 0 Å². The Kier molecular flexibility index (Phi) is 6.84. The number of hydrogen-bond acceptors (Lipinski definition) is 3. The lowest BCUT2D eigenvalue weighted by Gasteiger charge is -2.03. The molecule has 4 nitrogen and oxygen atoms in total. The Morgan fingerprint density at radius 2 is 1.76 bits per heavy atom. The predicted molar refractivity (Wildman–Crippen MR) is 94.9 cm³/mol. The molecule has 0 radical (unpaired) electrons. The van der Waals surface area contributed by atoms with Crippen LogP contribution in [-0.4, -0.2) is 17.9 Å². The van der Waals surface area contributed by atoms with Gasteiger partial charge in [0.05, 0.1) is 13.3 Å². The first-order valence-corrected chi connectivity index (χ1v) is 8.23. The van der Waals surface area contributed by atoms with Crippen molar-refractivity contribution in [2.24, 2.45) is 0 Å². The fourth-order valence-corrected chi connectivity index (χ4v) is 2.57. The van der Waals surface area contributed by atoms with E-state index in [1.165, 1.54) is 0 Å². The van der Waals surface area contributed by atoms with E-state index in [0.717, 1.165) is 21.5 Å². The molecule has 6 heteroatoms. The lowest BCUT2D eigenvalue weighted by Crippen LogP contribution is -3.00. The van der Waals surface area contributed by atoms with Crippen molar-refractivity contribution in [2.45, 2.75) is 6.54 Å². The van der Waals surface area contributed by atoms with Crippen LogP contribution in [0.5, 0.6) is 5.75 Å². The summed E-state index contributed by atoms with van der Waals surface area (Å²) in [5.41, 5.74) is 2.56. The van der Waals surface area contributed by atoms with Crippen molar-refractivity contribution in [1.29, 1.82) is 0 Å². The lowest BCUT2D eigenvalue weighted by atomic mass is 10.1. The van der Waals surface area contributed by atoms with Crippen molar-refractivity contribution in [1.82, 2.24) is 4.98 Å². The van der Waals surface area contributed by atoms with Gasteiger partial charge in [0.15, 0.2) is 12.2 Å². The summed E-state index contributed by atoms with van der Waals surface area (Å²) >= 11 is 3.42. The summed E-state index contributed by atoms with van der Waals surface area (Å²) in [6.07, 6.45) is 3.55. The van der Waals surface area contributed by atoms with Crippen molar-refractivity contribution in [3.05, 3.63) is 77.2 Å². The van der Waals surface area contributed by atoms with Crippen LogP contribution in [0.2, 0.25) is 0 Å². The summed E-state index contributed by atoms with van der Waals surface area (Å²) in [5.74, 6) is 0.764. The third kappa shape index (κ3) is 4.96. The summed E-state index contributed by atoms with van der Waals surface area (Å²) in [5, 5.41) is 0. The van der Waals surface area contributed by atoms with Gasteiger partial charge in [-0.15, -0.1) is 0 Å². The molecule has 0 fully saturated rings. The van der Waals surface area contributed by atoms with Crippen LogP contribution >= 0.6 is 15.9 Å². The fourth-order valence-electron chi connectivity index (χ4n) is 2.30. The summed E-state index contributed by atoms with van der Waals surface area (Å²) in [7, 11) is 1.60. The molecular formula is C19H16Br2N2O2. The third-order valence-electron chi connectivity index (χ3n) is 3.65. The number of carbonyl (C=O) groups excluding carboxylic acids is 1. The minimum atomic E-state index is 0. The van der Waals surface area contributed by atoms with Crippen LogP contribution in [0.1, 0.15) is 10.4 Å². The second-order valence-electron chi connectivity index (χ2n) is 5.28. The number of rotatable bonds is 5. The maximum absolute atomic E-state index is 12.3. The van der Waals surface area contributed by atoms with Gasteiger partial charge >= 0.3 is 0 Å². The van der Waals surface area contributed by atoms with Gasteiger partial charge in [-0.1, -0.05) is 15.9 Å². The SMILES string of the molecule is COc1ccc(C(=O)C[n+]2ccc(-c3ccc(Br)cc3)nc2)cc1.[Br-]. The van der Waals surface area contributed by atoms with Crippen LogP contribution < -0.4 is 26.3 Å². The first-order valence-electron chi connectivity index (χ1n) is 7.44. The van der Waals surface area contributed by atoms with Crippen LogP contribution in [0.4, 0.5) is 0 Å². The van der Waals surface area contributed by atoms with Crippen LogP contribution in [0, 0.1) is 0 Å². The molecule has 0 spiro atoms. The molecule has 0 aliphatic rings. The van der Waals surface area contributed by atoms with Gasteiger partial charge in [-0.05, 0) is 53.5 Å². The molecule has 0 saturated heterocycles. The summed E-state index contributed by atoms with van der Waals surface area (Å²) in [6.45, 7) is 0.250. The minimum Gasteiger partial charge on any atom is -1.00 e. The Bertz CT molecular complexity index is 833. The van der Waals surface area contributed by atoms with E-state index in [0.29, 0.717) is 5.56 Å².